The monoisotopic (exact) mass is 288 g/mol. The zero-order valence-electron chi connectivity index (χ0n) is 12.4. The Balaban J connectivity index is 1.88. The summed E-state index contributed by atoms with van der Waals surface area (Å²) < 4.78 is 1.86. The van der Waals surface area contributed by atoms with Gasteiger partial charge in [0.05, 0.1) is 12.1 Å². The first-order valence-electron chi connectivity index (χ1n) is 6.91. The van der Waals surface area contributed by atoms with Gasteiger partial charge in [-0.1, -0.05) is 0 Å². The lowest BCUT2D eigenvalue weighted by Gasteiger charge is -2.24. The van der Waals surface area contributed by atoms with Crippen LogP contribution < -0.4 is 10.6 Å². The molecular weight excluding hydrogens is 268 g/mol. The van der Waals surface area contributed by atoms with Gasteiger partial charge >= 0.3 is 0 Å². The van der Waals surface area contributed by atoms with E-state index in [4.69, 9.17) is 0 Å². The first-order chi connectivity index (χ1) is 10.1. The standard InChI is InChI=1S/C14H20N6O/c1-10(12(3)20-9-5-8-17-20)18-11(2)13(21)19-14-15-6-4-7-16-14/h4-12,18H,1-3H3,(H,15,16,19,21)/t10-,11+,12-/m1/s1. The number of hydrogen-bond donors (Lipinski definition) is 2. The summed E-state index contributed by atoms with van der Waals surface area (Å²) in [5, 5.41) is 10.1. The Morgan fingerprint density at radius 2 is 1.86 bits per heavy atom. The maximum absolute atomic E-state index is 12.1. The number of carbonyl (C=O) groups is 1. The molecule has 3 atom stereocenters. The van der Waals surface area contributed by atoms with Crippen molar-refractivity contribution in [3.05, 3.63) is 36.9 Å². The molecule has 0 spiro atoms. The minimum Gasteiger partial charge on any atom is -0.301 e. The maximum Gasteiger partial charge on any atom is 0.243 e. The van der Waals surface area contributed by atoms with Gasteiger partial charge in [0.1, 0.15) is 0 Å². The summed E-state index contributed by atoms with van der Waals surface area (Å²) in [6.45, 7) is 5.88. The summed E-state index contributed by atoms with van der Waals surface area (Å²) in [4.78, 5) is 20.0. The van der Waals surface area contributed by atoms with Crippen LogP contribution in [0.4, 0.5) is 5.95 Å². The molecule has 0 unspecified atom stereocenters. The third-order valence-corrected chi connectivity index (χ3v) is 3.37. The van der Waals surface area contributed by atoms with Crippen molar-refractivity contribution in [2.24, 2.45) is 0 Å². The Morgan fingerprint density at radius 3 is 2.48 bits per heavy atom. The Morgan fingerprint density at radius 1 is 1.14 bits per heavy atom. The van der Waals surface area contributed by atoms with Crippen LogP contribution in [-0.2, 0) is 4.79 Å². The SMILES string of the molecule is C[C@H](N[C@H](C)[C@@H](C)n1cccn1)C(=O)Nc1ncccn1. The summed E-state index contributed by atoms with van der Waals surface area (Å²) in [6, 6.07) is 3.45. The van der Waals surface area contributed by atoms with Crippen LogP contribution in [0.2, 0.25) is 0 Å². The van der Waals surface area contributed by atoms with Crippen molar-refractivity contribution in [2.75, 3.05) is 5.32 Å². The minimum absolute atomic E-state index is 0.0855. The van der Waals surface area contributed by atoms with Gasteiger partial charge in [0.15, 0.2) is 0 Å². The molecule has 7 heteroatoms. The van der Waals surface area contributed by atoms with E-state index in [1.54, 1.807) is 24.7 Å². The second kappa shape index (κ2) is 6.94. The van der Waals surface area contributed by atoms with Crippen molar-refractivity contribution in [3.8, 4) is 0 Å². The van der Waals surface area contributed by atoms with Gasteiger partial charge < -0.3 is 5.32 Å². The average molecular weight is 288 g/mol. The van der Waals surface area contributed by atoms with E-state index >= 15 is 0 Å². The number of anilines is 1. The highest BCUT2D eigenvalue weighted by Gasteiger charge is 2.20. The third kappa shape index (κ3) is 4.09. The second-order valence-corrected chi connectivity index (χ2v) is 4.97. The van der Waals surface area contributed by atoms with Gasteiger partial charge in [-0.15, -0.1) is 0 Å². The topological polar surface area (TPSA) is 84.7 Å². The lowest BCUT2D eigenvalue weighted by Crippen LogP contribution is -2.45. The minimum atomic E-state index is -0.359. The molecule has 0 saturated carbocycles. The second-order valence-electron chi connectivity index (χ2n) is 4.97. The van der Waals surface area contributed by atoms with Crippen molar-refractivity contribution in [2.45, 2.75) is 38.9 Å². The van der Waals surface area contributed by atoms with Crippen LogP contribution in [-0.4, -0.2) is 37.7 Å². The lowest BCUT2D eigenvalue weighted by molar-refractivity contribution is -0.118. The molecule has 2 N–H and O–H groups in total. The highest BCUT2D eigenvalue weighted by atomic mass is 16.2. The highest BCUT2D eigenvalue weighted by Crippen LogP contribution is 2.10. The van der Waals surface area contributed by atoms with Gasteiger partial charge in [-0.05, 0) is 32.9 Å². The molecule has 1 amide bonds. The van der Waals surface area contributed by atoms with E-state index in [1.165, 1.54) is 0 Å². The Bertz CT molecular complexity index is 556. The van der Waals surface area contributed by atoms with E-state index in [2.05, 4.69) is 32.6 Å². The predicted octanol–water partition coefficient (Wildman–Crippen LogP) is 1.24. The molecule has 0 radical (unpaired) electrons. The normalized spacial score (nSPS) is 15.2. The van der Waals surface area contributed by atoms with E-state index < -0.39 is 0 Å². The van der Waals surface area contributed by atoms with Gasteiger partial charge in [0, 0.05) is 30.8 Å². The summed E-state index contributed by atoms with van der Waals surface area (Å²) in [5.41, 5.74) is 0. The molecule has 0 aliphatic heterocycles. The lowest BCUT2D eigenvalue weighted by atomic mass is 10.1. The van der Waals surface area contributed by atoms with E-state index in [9.17, 15) is 4.79 Å². The molecule has 0 aromatic carbocycles. The van der Waals surface area contributed by atoms with Gasteiger partial charge in [0.2, 0.25) is 11.9 Å². The van der Waals surface area contributed by atoms with Gasteiger partial charge in [-0.25, -0.2) is 9.97 Å². The zero-order valence-corrected chi connectivity index (χ0v) is 12.4. The van der Waals surface area contributed by atoms with Crippen LogP contribution in [0.5, 0.6) is 0 Å². The maximum atomic E-state index is 12.1. The number of hydrogen-bond acceptors (Lipinski definition) is 5. The molecule has 2 aromatic rings. The van der Waals surface area contributed by atoms with Crippen LogP contribution in [0, 0.1) is 0 Å². The van der Waals surface area contributed by atoms with Crippen molar-refractivity contribution < 1.29 is 4.79 Å². The summed E-state index contributed by atoms with van der Waals surface area (Å²) in [6.07, 6.45) is 6.82. The quantitative estimate of drug-likeness (QED) is 0.835. The van der Waals surface area contributed by atoms with E-state index in [-0.39, 0.29) is 24.0 Å². The molecule has 2 aromatic heterocycles. The molecule has 112 valence electrons. The molecule has 21 heavy (non-hydrogen) atoms. The molecular formula is C14H20N6O. The average Bonchev–Trinajstić information content (AvgIpc) is 3.01. The number of nitrogens with one attached hydrogen (secondary N) is 2. The van der Waals surface area contributed by atoms with Crippen molar-refractivity contribution in [1.82, 2.24) is 25.1 Å². The van der Waals surface area contributed by atoms with Crippen LogP contribution in [0.25, 0.3) is 0 Å². The molecule has 0 bridgehead atoms. The Hall–Kier alpha value is -2.28. The smallest absolute Gasteiger partial charge is 0.243 e. The Labute approximate surface area is 123 Å². The van der Waals surface area contributed by atoms with Crippen LogP contribution in [0.1, 0.15) is 26.8 Å². The Kier molecular flexibility index (Phi) is 4.99. The first kappa shape index (κ1) is 15.1. The van der Waals surface area contributed by atoms with Crippen LogP contribution >= 0.6 is 0 Å². The number of rotatable bonds is 6. The van der Waals surface area contributed by atoms with Crippen molar-refractivity contribution in [3.63, 3.8) is 0 Å². The number of carbonyl (C=O) groups excluding carboxylic acids is 1. The third-order valence-electron chi connectivity index (χ3n) is 3.37. The molecule has 7 nitrogen and oxygen atoms in total. The van der Waals surface area contributed by atoms with Crippen molar-refractivity contribution >= 4 is 11.9 Å². The first-order valence-corrected chi connectivity index (χ1v) is 6.91. The molecule has 0 aliphatic rings. The van der Waals surface area contributed by atoms with Gasteiger partial charge in [-0.2, -0.15) is 5.10 Å². The van der Waals surface area contributed by atoms with Gasteiger partial charge in [-0.3, -0.25) is 14.8 Å². The van der Waals surface area contributed by atoms with Crippen LogP contribution in [0.3, 0.4) is 0 Å². The number of aromatic nitrogens is 4. The number of nitrogens with zero attached hydrogens (tertiary/aromatic N) is 4. The highest BCUT2D eigenvalue weighted by molar-refractivity contribution is 5.93. The zero-order chi connectivity index (χ0) is 15.2. The van der Waals surface area contributed by atoms with Crippen molar-refractivity contribution in [1.29, 1.82) is 0 Å². The van der Waals surface area contributed by atoms with E-state index in [1.807, 2.05) is 30.8 Å². The van der Waals surface area contributed by atoms with Gasteiger partial charge in [0.25, 0.3) is 0 Å². The fraction of sp³-hybridized carbons (Fsp3) is 0.429. The molecule has 2 heterocycles. The van der Waals surface area contributed by atoms with Crippen LogP contribution in [0.15, 0.2) is 36.9 Å². The fourth-order valence-electron chi connectivity index (χ4n) is 1.94. The fourth-order valence-corrected chi connectivity index (χ4v) is 1.94. The summed E-state index contributed by atoms with van der Waals surface area (Å²) >= 11 is 0. The molecule has 0 fully saturated rings. The predicted molar refractivity (Wildman–Crippen MR) is 79.7 cm³/mol. The summed E-state index contributed by atoms with van der Waals surface area (Å²) in [5.74, 6) is 0.143. The molecule has 0 saturated heterocycles. The molecule has 0 aliphatic carbocycles. The molecule has 2 rings (SSSR count). The summed E-state index contributed by atoms with van der Waals surface area (Å²) in [7, 11) is 0. The number of amides is 1. The van der Waals surface area contributed by atoms with E-state index in [0.717, 1.165) is 0 Å². The largest absolute Gasteiger partial charge is 0.301 e. The van der Waals surface area contributed by atoms with E-state index in [0.29, 0.717) is 5.95 Å².